The summed E-state index contributed by atoms with van der Waals surface area (Å²) in [7, 11) is 0. The molecule has 1 heterocycles. The van der Waals surface area contributed by atoms with Gasteiger partial charge in [-0.3, -0.25) is 0 Å². The Morgan fingerprint density at radius 3 is 2.90 bits per heavy atom. The minimum Gasteiger partial charge on any atom is -0.327 e. The first-order chi connectivity index (χ1) is 4.77. The van der Waals surface area contributed by atoms with Crippen LogP contribution in [0.5, 0.6) is 0 Å². The van der Waals surface area contributed by atoms with Crippen LogP contribution in [0, 0.1) is 0 Å². The molecule has 1 saturated carbocycles. The highest BCUT2D eigenvalue weighted by Crippen LogP contribution is 2.41. The van der Waals surface area contributed by atoms with Gasteiger partial charge in [0.2, 0.25) is 0 Å². The van der Waals surface area contributed by atoms with E-state index in [4.69, 9.17) is 5.73 Å². The molecule has 4 heteroatoms. The first kappa shape index (κ1) is 6.76. The van der Waals surface area contributed by atoms with Gasteiger partial charge >= 0.3 is 0 Å². The van der Waals surface area contributed by atoms with Crippen LogP contribution in [0.25, 0.3) is 0 Å². The molecule has 0 aromatic carbocycles. The molecule has 1 aromatic heterocycles. The highest BCUT2D eigenvalue weighted by molar-refractivity contribution is 9.11. The number of hydrogen-bond acceptors (Lipinski definition) is 3. The monoisotopic (exact) mass is 218 g/mol. The maximum atomic E-state index is 5.66. The molecular formula is C6H7BrN2S. The lowest BCUT2D eigenvalue weighted by Crippen LogP contribution is -2.00. The summed E-state index contributed by atoms with van der Waals surface area (Å²) in [6.45, 7) is 0. The number of nitrogens with zero attached hydrogens (tertiary/aromatic N) is 1. The minimum absolute atomic E-state index is 0.373. The Balaban J connectivity index is 2.20. The summed E-state index contributed by atoms with van der Waals surface area (Å²) in [5.41, 5.74) is 5.66. The minimum atomic E-state index is 0.373. The highest BCUT2D eigenvalue weighted by Gasteiger charge is 2.37. The van der Waals surface area contributed by atoms with Gasteiger partial charge in [-0.2, -0.15) is 0 Å². The topological polar surface area (TPSA) is 38.9 Å². The van der Waals surface area contributed by atoms with Crippen LogP contribution in [0.2, 0.25) is 0 Å². The number of aromatic nitrogens is 1. The van der Waals surface area contributed by atoms with Crippen molar-refractivity contribution < 1.29 is 0 Å². The third-order valence-electron chi connectivity index (χ3n) is 1.65. The SMILES string of the molecule is NC1CC1c1ncc(Br)s1. The molecule has 2 atom stereocenters. The van der Waals surface area contributed by atoms with Gasteiger partial charge in [0, 0.05) is 12.0 Å². The van der Waals surface area contributed by atoms with E-state index < -0.39 is 0 Å². The normalized spacial score (nSPS) is 30.6. The summed E-state index contributed by atoms with van der Waals surface area (Å²) in [5.74, 6) is 0.552. The fourth-order valence-electron chi connectivity index (χ4n) is 0.937. The molecule has 2 rings (SSSR count). The van der Waals surface area contributed by atoms with Crippen LogP contribution >= 0.6 is 27.3 Å². The van der Waals surface area contributed by atoms with E-state index in [0.717, 1.165) is 10.2 Å². The lowest BCUT2D eigenvalue weighted by Gasteiger charge is -1.85. The van der Waals surface area contributed by atoms with E-state index in [9.17, 15) is 0 Å². The van der Waals surface area contributed by atoms with E-state index >= 15 is 0 Å². The average molecular weight is 219 g/mol. The lowest BCUT2D eigenvalue weighted by molar-refractivity contribution is 0.975. The largest absolute Gasteiger partial charge is 0.327 e. The van der Waals surface area contributed by atoms with Gasteiger partial charge < -0.3 is 5.73 Å². The summed E-state index contributed by atoms with van der Waals surface area (Å²) in [6.07, 6.45) is 2.95. The predicted octanol–water partition coefficient (Wildman–Crippen LogP) is 1.72. The molecule has 2 N–H and O–H groups in total. The van der Waals surface area contributed by atoms with E-state index in [-0.39, 0.29) is 0 Å². The zero-order valence-electron chi connectivity index (χ0n) is 5.25. The van der Waals surface area contributed by atoms with Gasteiger partial charge in [0.1, 0.15) is 0 Å². The molecule has 0 spiro atoms. The van der Waals surface area contributed by atoms with Crippen LogP contribution in [0.3, 0.4) is 0 Å². The fraction of sp³-hybridized carbons (Fsp3) is 0.500. The first-order valence-corrected chi connectivity index (χ1v) is 4.75. The van der Waals surface area contributed by atoms with Gasteiger partial charge in [-0.25, -0.2) is 4.98 Å². The van der Waals surface area contributed by atoms with Gasteiger partial charge in [0.25, 0.3) is 0 Å². The molecule has 0 radical (unpaired) electrons. The van der Waals surface area contributed by atoms with E-state index in [0.29, 0.717) is 12.0 Å². The molecule has 2 unspecified atom stereocenters. The standard InChI is InChI=1S/C6H7BrN2S/c7-5-2-9-6(10-5)3-1-4(3)8/h2-4H,1,8H2. The van der Waals surface area contributed by atoms with Crippen molar-refractivity contribution in [3.8, 4) is 0 Å². The number of thiazole rings is 1. The molecule has 1 fully saturated rings. The molecule has 0 saturated heterocycles. The van der Waals surface area contributed by atoms with Crippen molar-refractivity contribution in [2.75, 3.05) is 0 Å². The van der Waals surface area contributed by atoms with Crippen LogP contribution in [0.15, 0.2) is 9.98 Å². The smallest absolute Gasteiger partial charge is 0.0983 e. The van der Waals surface area contributed by atoms with Gasteiger partial charge in [0.15, 0.2) is 0 Å². The second kappa shape index (κ2) is 2.29. The lowest BCUT2D eigenvalue weighted by atomic mass is 10.4. The van der Waals surface area contributed by atoms with Crippen molar-refractivity contribution in [3.63, 3.8) is 0 Å². The van der Waals surface area contributed by atoms with Gasteiger partial charge in [-0.15, -0.1) is 11.3 Å². The van der Waals surface area contributed by atoms with E-state index in [2.05, 4.69) is 20.9 Å². The van der Waals surface area contributed by atoms with E-state index in [1.807, 2.05) is 6.20 Å². The number of rotatable bonds is 1. The van der Waals surface area contributed by atoms with Crippen molar-refractivity contribution in [1.29, 1.82) is 0 Å². The molecule has 1 aliphatic carbocycles. The Labute approximate surface area is 71.6 Å². The zero-order chi connectivity index (χ0) is 7.14. The molecular weight excluding hydrogens is 212 g/mol. The quantitative estimate of drug-likeness (QED) is 0.780. The van der Waals surface area contributed by atoms with Gasteiger partial charge in [-0.1, -0.05) is 0 Å². The number of hydrogen-bond donors (Lipinski definition) is 1. The van der Waals surface area contributed by atoms with Crippen LogP contribution < -0.4 is 5.73 Å². The second-order valence-electron chi connectivity index (χ2n) is 2.51. The number of halogens is 1. The Kier molecular flexibility index (Phi) is 1.55. The second-order valence-corrected chi connectivity index (χ2v) is 4.95. The summed E-state index contributed by atoms with van der Waals surface area (Å²) in [6, 6.07) is 0.373. The van der Waals surface area contributed by atoms with Gasteiger partial charge in [0.05, 0.1) is 15.0 Å². The summed E-state index contributed by atoms with van der Waals surface area (Å²) in [4.78, 5) is 4.22. The fourth-order valence-corrected chi connectivity index (χ4v) is 2.37. The van der Waals surface area contributed by atoms with E-state index in [1.54, 1.807) is 11.3 Å². The molecule has 10 heavy (non-hydrogen) atoms. The van der Waals surface area contributed by atoms with Crippen molar-refractivity contribution in [3.05, 3.63) is 15.0 Å². The van der Waals surface area contributed by atoms with Crippen LogP contribution in [0.1, 0.15) is 17.3 Å². The molecule has 2 nitrogen and oxygen atoms in total. The van der Waals surface area contributed by atoms with Crippen molar-refractivity contribution in [1.82, 2.24) is 4.98 Å². The molecule has 0 bridgehead atoms. The summed E-state index contributed by atoms with van der Waals surface area (Å²) >= 11 is 5.05. The maximum Gasteiger partial charge on any atom is 0.0983 e. The van der Waals surface area contributed by atoms with Crippen molar-refractivity contribution in [2.45, 2.75) is 18.4 Å². The third-order valence-corrected chi connectivity index (χ3v) is 3.26. The molecule has 0 amide bonds. The van der Waals surface area contributed by atoms with E-state index in [1.165, 1.54) is 5.01 Å². The highest BCUT2D eigenvalue weighted by atomic mass is 79.9. The Morgan fingerprint density at radius 1 is 1.80 bits per heavy atom. The Morgan fingerprint density at radius 2 is 2.50 bits per heavy atom. The zero-order valence-corrected chi connectivity index (χ0v) is 7.65. The molecule has 0 aliphatic heterocycles. The van der Waals surface area contributed by atoms with Crippen LogP contribution in [-0.2, 0) is 0 Å². The first-order valence-electron chi connectivity index (χ1n) is 3.14. The van der Waals surface area contributed by atoms with Crippen LogP contribution in [-0.4, -0.2) is 11.0 Å². The third kappa shape index (κ3) is 1.11. The van der Waals surface area contributed by atoms with Crippen molar-refractivity contribution >= 4 is 27.3 Å². The molecule has 1 aromatic rings. The predicted molar refractivity (Wildman–Crippen MR) is 45.1 cm³/mol. The Bertz CT molecular complexity index is 248. The molecule has 1 aliphatic rings. The maximum absolute atomic E-state index is 5.66. The Hall–Kier alpha value is 0.0700. The number of nitrogens with two attached hydrogens (primary N) is 1. The van der Waals surface area contributed by atoms with Gasteiger partial charge in [-0.05, 0) is 22.4 Å². The molecule has 54 valence electrons. The average Bonchev–Trinajstić information content (AvgIpc) is 2.42. The summed E-state index contributed by atoms with van der Waals surface area (Å²) < 4.78 is 1.10. The van der Waals surface area contributed by atoms with Crippen LogP contribution in [0.4, 0.5) is 0 Å². The summed E-state index contributed by atoms with van der Waals surface area (Å²) in [5, 5.41) is 1.18. The van der Waals surface area contributed by atoms with Crippen molar-refractivity contribution in [2.24, 2.45) is 5.73 Å².